The number of halogens is 1. The SMILES string of the molecule is CN=C(NCc1cc(C(C)C)no1)NCc1c(OC)cc(OC)cc1OC.I. The monoisotopic (exact) mass is 504 g/mol. The number of aromatic nitrogens is 1. The molecule has 2 aromatic rings. The number of guanidine groups is 1. The quantitative estimate of drug-likeness (QED) is 0.324. The van der Waals surface area contributed by atoms with Gasteiger partial charge in [0.25, 0.3) is 0 Å². The first-order chi connectivity index (χ1) is 13.0. The van der Waals surface area contributed by atoms with Crippen LogP contribution in [0.4, 0.5) is 0 Å². The highest BCUT2D eigenvalue weighted by Gasteiger charge is 2.14. The number of benzene rings is 1. The van der Waals surface area contributed by atoms with Crippen molar-refractivity contribution in [3.8, 4) is 17.2 Å². The zero-order valence-corrected chi connectivity index (χ0v) is 19.5. The molecule has 156 valence electrons. The summed E-state index contributed by atoms with van der Waals surface area (Å²) in [5, 5.41) is 10.5. The molecule has 8 nitrogen and oxygen atoms in total. The number of rotatable bonds is 8. The first-order valence-corrected chi connectivity index (χ1v) is 8.71. The molecular formula is C19H29IN4O4. The minimum absolute atomic E-state index is 0. The molecule has 2 rings (SSSR count). The lowest BCUT2D eigenvalue weighted by Gasteiger charge is -2.17. The lowest BCUT2D eigenvalue weighted by atomic mass is 10.1. The van der Waals surface area contributed by atoms with E-state index >= 15 is 0 Å². The molecule has 0 radical (unpaired) electrons. The fraction of sp³-hybridized carbons (Fsp3) is 0.474. The smallest absolute Gasteiger partial charge is 0.191 e. The fourth-order valence-electron chi connectivity index (χ4n) is 2.50. The van der Waals surface area contributed by atoms with Crippen LogP contribution < -0.4 is 24.8 Å². The van der Waals surface area contributed by atoms with Crippen molar-refractivity contribution in [2.24, 2.45) is 4.99 Å². The normalized spacial score (nSPS) is 11.0. The molecule has 0 amide bonds. The summed E-state index contributed by atoms with van der Waals surface area (Å²) in [6.45, 7) is 5.09. The zero-order chi connectivity index (χ0) is 19.8. The minimum atomic E-state index is 0. The molecule has 0 unspecified atom stereocenters. The van der Waals surface area contributed by atoms with Gasteiger partial charge in [0.1, 0.15) is 17.2 Å². The van der Waals surface area contributed by atoms with Crippen molar-refractivity contribution in [1.29, 1.82) is 0 Å². The van der Waals surface area contributed by atoms with Crippen molar-refractivity contribution in [2.45, 2.75) is 32.9 Å². The van der Waals surface area contributed by atoms with Gasteiger partial charge in [-0.2, -0.15) is 0 Å². The van der Waals surface area contributed by atoms with Gasteiger partial charge in [-0.25, -0.2) is 0 Å². The van der Waals surface area contributed by atoms with Gasteiger partial charge in [-0.15, -0.1) is 24.0 Å². The van der Waals surface area contributed by atoms with Crippen LogP contribution in [0.3, 0.4) is 0 Å². The van der Waals surface area contributed by atoms with Crippen LogP contribution in [0.1, 0.15) is 36.8 Å². The Labute approximate surface area is 183 Å². The molecule has 0 aliphatic rings. The Bertz CT molecular complexity index is 752. The van der Waals surface area contributed by atoms with Gasteiger partial charge in [-0.1, -0.05) is 19.0 Å². The second-order valence-electron chi connectivity index (χ2n) is 6.16. The molecule has 0 saturated carbocycles. The number of ether oxygens (including phenoxy) is 3. The molecule has 0 spiro atoms. The topological polar surface area (TPSA) is 90.1 Å². The number of hydrogen-bond acceptors (Lipinski definition) is 6. The van der Waals surface area contributed by atoms with Crippen molar-refractivity contribution < 1.29 is 18.7 Å². The van der Waals surface area contributed by atoms with Gasteiger partial charge in [-0.05, 0) is 5.92 Å². The van der Waals surface area contributed by atoms with Crippen molar-refractivity contribution in [3.63, 3.8) is 0 Å². The molecule has 0 aliphatic heterocycles. The van der Waals surface area contributed by atoms with E-state index in [1.54, 1.807) is 28.4 Å². The van der Waals surface area contributed by atoms with Gasteiger partial charge in [0.2, 0.25) is 0 Å². The first kappa shape index (κ1) is 23.9. The summed E-state index contributed by atoms with van der Waals surface area (Å²) in [4.78, 5) is 4.23. The second-order valence-corrected chi connectivity index (χ2v) is 6.16. The molecule has 0 fully saturated rings. The van der Waals surface area contributed by atoms with E-state index < -0.39 is 0 Å². The molecule has 0 bridgehead atoms. The van der Waals surface area contributed by atoms with Gasteiger partial charge in [0.05, 0.1) is 45.7 Å². The number of nitrogens with one attached hydrogen (secondary N) is 2. The Morgan fingerprint density at radius 3 is 2.11 bits per heavy atom. The van der Waals surface area contributed by atoms with E-state index in [9.17, 15) is 0 Å². The van der Waals surface area contributed by atoms with Crippen LogP contribution >= 0.6 is 24.0 Å². The van der Waals surface area contributed by atoms with Crippen molar-refractivity contribution in [3.05, 3.63) is 35.2 Å². The first-order valence-electron chi connectivity index (χ1n) is 8.71. The van der Waals surface area contributed by atoms with Crippen LogP contribution in [0.15, 0.2) is 27.7 Å². The minimum Gasteiger partial charge on any atom is -0.496 e. The molecule has 28 heavy (non-hydrogen) atoms. The van der Waals surface area contributed by atoms with Crippen molar-refractivity contribution in [2.75, 3.05) is 28.4 Å². The van der Waals surface area contributed by atoms with Crippen LogP contribution in [0, 0.1) is 0 Å². The van der Waals surface area contributed by atoms with E-state index in [0.717, 1.165) is 17.0 Å². The van der Waals surface area contributed by atoms with Crippen LogP contribution in [0.2, 0.25) is 0 Å². The molecule has 9 heteroatoms. The van der Waals surface area contributed by atoms with E-state index in [-0.39, 0.29) is 24.0 Å². The summed E-state index contributed by atoms with van der Waals surface area (Å²) in [5.74, 6) is 3.71. The molecule has 0 atom stereocenters. The van der Waals surface area contributed by atoms with Gasteiger partial charge in [0, 0.05) is 25.2 Å². The predicted molar refractivity (Wildman–Crippen MR) is 119 cm³/mol. The van der Waals surface area contributed by atoms with Crippen LogP contribution in [0.5, 0.6) is 17.2 Å². The van der Waals surface area contributed by atoms with E-state index in [0.29, 0.717) is 42.2 Å². The molecule has 2 N–H and O–H groups in total. The Hall–Kier alpha value is -2.17. The summed E-state index contributed by atoms with van der Waals surface area (Å²) < 4.78 is 21.5. The summed E-state index contributed by atoms with van der Waals surface area (Å²) >= 11 is 0. The van der Waals surface area contributed by atoms with E-state index in [2.05, 4.69) is 34.6 Å². The average Bonchev–Trinajstić information content (AvgIpc) is 3.17. The highest BCUT2D eigenvalue weighted by Crippen LogP contribution is 2.33. The standard InChI is InChI=1S/C19H28N4O4.HI/c1-12(2)16-7-14(27-23-16)10-21-19(20-3)22-11-15-17(25-5)8-13(24-4)9-18(15)26-6;/h7-9,12H,10-11H2,1-6H3,(H2,20,21,22);1H. The number of hydrogen-bond donors (Lipinski definition) is 2. The van der Waals surface area contributed by atoms with Crippen LogP contribution in [-0.2, 0) is 13.1 Å². The summed E-state index contributed by atoms with van der Waals surface area (Å²) in [5.41, 5.74) is 1.80. The average molecular weight is 504 g/mol. The summed E-state index contributed by atoms with van der Waals surface area (Å²) in [6.07, 6.45) is 0. The largest absolute Gasteiger partial charge is 0.496 e. The lowest BCUT2D eigenvalue weighted by Crippen LogP contribution is -2.36. The number of nitrogens with zero attached hydrogens (tertiary/aromatic N) is 2. The maximum Gasteiger partial charge on any atom is 0.191 e. The van der Waals surface area contributed by atoms with Crippen molar-refractivity contribution >= 4 is 29.9 Å². The Morgan fingerprint density at radius 2 is 1.64 bits per heavy atom. The Kier molecular flexibility index (Phi) is 9.91. The Morgan fingerprint density at radius 1 is 1.04 bits per heavy atom. The Balaban J connectivity index is 0.00000392. The highest BCUT2D eigenvalue weighted by atomic mass is 127. The van der Waals surface area contributed by atoms with Gasteiger partial charge >= 0.3 is 0 Å². The maximum absolute atomic E-state index is 5.47. The number of methoxy groups -OCH3 is 3. The summed E-state index contributed by atoms with van der Waals surface area (Å²) in [6, 6.07) is 5.58. The predicted octanol–water partition coefficient (Wildman–Crippen LogP) is 3.31. The molecule has 1 aromatic carbocycles. The zero-order valence-electron chi connectivity index (χ0n) is 17.2. The third kappa shape index (κ3) is 6.18. The number of aliphatic imine (C=N–C) groups is 1. The van der Waals surface area contributed by atoms with E-state index in [1.807, 2.05) is 18.2 Å². The molecule has 0 saturated heterocycles. The second kappa shape index (κ2) is 11.6. The van der Waals surface area contributed by atoms with Crippen LogP contribution in [-0.4, -0.2) is 39.5 Å². The maximum atomic E-state index is 5.47. The van der Waals surface area contributed by atoms with E-state index in [1.165, 1.54) is 0 Å². The third-order valence-corrected chi connectivity index (χ3v) is 4.07. The molecule has 0 aliphatic carbocycles. The highest BCUT2D eigenvalue weighted by molar-refractivity contribution is 14.0. The lowest BCUT2D eigenvalue weighted by molar-refractivity contribution is 0.367. The molecule has 1 aromatic heterocycles. The fourth-order valence-corrected chi connectivity index (χ4v) is 2.50. The molecule has 1 heterocycles. The van der Waals surface area contributed by atoms with E-state index in [4.69, 9.17) is 18.7 Å². The third-order valence-electron chi connectivity index (χ3n) is 4.07. The van der Waals surface area contributed by atoms with Gasteiger partial charge < -0.3 is 29.4 Å². The molecular weight excluding hydrogens is 475 g/mol. The summed E-state index contributed by atoms with van der Waals surface area (Å²) in [7, 11) is 6.53. The van der Waals surface area contributed by atoms with Crippen molar-refractivity contribution in [1.82, 2.24) is 15.8 Å². The van der Waals surface area contributed by atoms with Gasteiger partial charge in [-0.3, -0.25) is 4.99 Å². The van der Waals surface area contributed by atoms with Gasteiger partial charge in [0.15, 0.2) is 11.7 Å². The van der Waals surface area contributed by atoms with Crippen LogP contribution in [0.25, 0.3) is 0 Å².